The molecule has 1 aliphatic heterocycles. The van der Waals surface area contributed by atoms with Gasteiger partial charge in [0.25, 0.3) is 5.91 Å². The van der Waals surface area contributed by atoms with E-state index in [0.29, 0.717) is 38.1 Å². The van der Waals surface area contributed by atoms with Crippen LogP contribution in [-0.2, 0) is 9.53 Å². The number of nitrogens with zero attached hydrogens (tertiary/aromatic N) is 1. The summed E-state index contributed by atoms with van der Waals surface area (Å²) in [6, 6.07) is 6.56. The van der Waals surface area contributed by atoms with Gasteiger partial charge < -0.3 is 25.4 Å². The largest absolute Gasteiger partial charge is 0.494 e. The van der Waals surface area contributed by atoms with Gasteiger partial charge in [-0.25, -0.2) is 0 Å². The lowest BCUT2D eigenvalue weighted by Gasteiger charge is -2.33. The average Bonchev–Trinajstić information content (AvgIpc) is 2.63. The van der Waals surface area contributed by atoms with Gasteiger partial charge in [-0.3, -0.25) is 9.59 Å². The van der Waals surface area contributed by atoms with Crippen LogP contribution < -0.4 is 15.8 Å². The lowest BCUT2D eigenvalue weighted by atomic mass is 10.0. The molecular weight excluding hydrogens is 322 g/mol. The number of carbonyl (C=O) groups excluding carboxylic acids is 2. The van der Waals surface area contributed by atoms with Crippen molar-refractivity contribution in [2.24, 2.45) is 5.73 Å². The Balaban J connectivity index is 1.82. The Kier molecular flexibility index (Phi) is 7.21. The number of nitrogens with two attached hydrogens (primary N) is 1. The number of likely N-dealkylation sites (tertiary alicyclic amines) is 1. The van der Waals surface area contributed by atoms with Crippen molar-refractivity contribution in [3.8, 4) is 5.75 Å². The SMILES string of the molecule is CCOc1ccc(C(=O)N2CCC(NC(=O)C(N)COC)CC2)cc1. The maximum absolute atomic E-state index is 12.6. The predicted molar refractivity (Wildman–Crippen MR) is 94.5 cm³/mol. The van der Waals surface area contributed by atoms with E-state index in [1.807, 2.05) is 11.8 Å². The van der Waals surface area contributed by atoms with Crippen molar-refractivity contribution >= 4 is 11.8 Å². The van der Waals surface area contributed by atoms with Crippen molar-refractivity contribution in [3.63, 3.8) is 0 Å². The summed E-state index contributed by atoms with van der Waals surface area (Å²) < 4.78 is 10.3. The maximum atomic E-state index is 12.6. The lowest BCUT2D eigenvalue weighted by Crippen LogP contribution is -2.51. The van der Waals surface area contributed by atoms with Crippen LogP contribution in [0.1, 0.15) is 30.1 Å². The molecule has 2 rings (SSSR count). The fourth-order valence-electron chi connectivity index (χ4n) is 2.83. The summed E-state index contributed by atoms with van der Waals surface area (Å²) >= 11 is 0. The van der Waals surface area contributed by atoms with Crippen LogP contribution in [0, 0.1) is 0 Å². The highest BCUT2D eigenvalue weighted by Gasteiger charge is 2.26. The Morgan fingerprint density at radius 1 is 1.28 bits per heavy atom. The number of ether oxygens (including phenoxy) is 2. The molecule has 1 unspecified atom stereocenters. The van der Waals surface area contributed by atoms with E-state index < -0.39 is 6.04 Å². The minimum Gasteiger partial charge on any atom is -0.494 e. The zero-order chi connectivity index (χ0) is 18.2. The maximum Gasteiger partial charge on any atom is 0.253 e. The molecule has 0 bridgehead atoms. The van der Waals surface area contributed by atoms with Crippen molar-refractivity contribution < 1.29 is 19.1 Å². The highest BCUT2D eigenvalue weighted by atomic mass is 16.5. The number of methoxy groups -OCH3 is 1. The molecule has 0 aromatic heterocycles. The number of amides is 2. The lowest BCUT2D eigenvalue weighted by molar-refractivity contribution is -0.124. The smallest absolute Gasteiger partial charge is 0.253 e. The second-order valence-electron chi connectivity index (χ2n) is 6.09. The Bertz CT molecular complexity index is 568. The zero-order valence-electron chi connectivity index (χ0n) is 14.9. The van der Waals surface area contributed by atoms with Gasteiger partial charge in [0.15, 0.2) is 0 Å². The fraction of sp³-hybridized carbons (Fsp3) is 0.556. The molecule has 2 amide bonds. The van der Waals surface area contributed by atoms with Gasteiger partial charge >= 0.3 is 0 Å². The zero-order valence-corrected chi connectivity index (χ0v) is 14.9. The topological polar surface area (TPSA) is 93.9 Å². The van der Waals surface area contributed by atoms with E-state index in [1.54, 1.807) is 24.3 Å². The van der Waals surface area contributed by atoms with Gasteiger partial charge in [0.2, 0.25) is 5.91 Å². The average molecular weight is 349 g/mol. The molecule has 1 aromatic carbocycles. The van der Waals surface area contributed by atoms with Crippen LogP contribution in [0.25, 0.3) is 0 Å². The molecule has 3 N–H and O–H groups in total. The van der Waals surface area contributed by atoms with Crippen LogP contribution in [0.4, 0.5) is 0 Å². The highest BCUT2D eigenvalue weighted by Crippen LogP contribution is 2.17. The normalized spacial score (nSPS) is 16.4. The summed E-state index contributed by atoms with van der Waals surface area (Å²) in [5, 5.41) is 2.93. The van der Waals surface area contributed by atoms with E-state index in [2.05, 4.69) is 5.32 Å². The van der Waals surface area contributed by atoms with Gasteiger partial charge in [-0.2, -0.15) is 0 Å². The van der Waals surface area contributed by atoms with E-state index in [9.17, 15) is 9.59 Å². The van der Waals surface area contributed by atoms with Gasteiger partial charge in [-0.05, 0) is 44.0 Å². The number of carbonyl (C=O) groups is 2. The van der Waals surface area contributed by atoms with Crippen LogP contribution in [-0.4, -0.2) is 62.2 Å². The molecule has 0 saturated carbocycles. The van der Waals surface area contributed by atoms with E-state index >= 15 is 0 Å². The standard InChI is InChI=1S/C18H27N3O4/c1-3-25-15-6-4-13(5-7-15)18(23)21-10-8-14(9-11-21)20-17(22)16(19)12-24-2/h4-7,14,16H,3,8-12,19H2,1-2H3,(H,20,22). The molecular formula is C18H27N3O4. The molecule has 1 saturated heterocycles. The number of piperidine rings is 1. The third-order valence-electron chi connectivity index (χ3n) is 4.22. The molecule has 1 heterocycles. The second-order valence-corrected chi connectivity index (χ2v) is 6.09. The van der Waals surface area contributed by atoms with Crippen LogP contribution in [0.15, 0.2) is 24.3 Å². The van der Waals surface area contributed by atoms with E-state index in [4.69, 9.17) is 15.2 Å². The molecule has 0 radical (unpaired) electrons. The van der Waals surface area contributed by atoms with Gasteiger partial charge in [-0.15, -0.1) is 0 Å². The number of nitrogens with one attached hydrogen (secondary N) is 1. The third-order valence-corrected chi connectivity index (χ3v) is 4.22. The van der Waals surface area contributed by atoms with Crippen molar-refractivity contribution in [1.29, 1.82) is 0 Å². The summed E-state index contributed by atoms with van der Waals surface area (Å²) in [5.41, 5.74) is 6.36. The minimum atomic E-state index is -0.659. The van der Waals surface area contributed by atoms with Crippen LogP contribution in [0.5, 0.6) is 5.75 Å². The van der Waals surface area contributed by atoms with Gasteiger partial charge in [0.1, 0.15) is 11.8 Å². The molecule has 1 atom stereocenters. The van der Waals surface area contributed by atoms with E-state index in [-0.39, 0.29) is 24.5 Å². The first-order valence-electron chi connectivity index (χ1n) is 8.62. The van der Waals surface area contributed by atoms with Gasteiger partial charge in [-0.1, -0.05) is 0 Å². The predicted octanol–water partition coefficient (Wildman–Crippen LogP) is 0.780. The van der Waals surface area contributed by atoms with Gasteiger partial charge in [0, 0.05) is 31.8 Å². The van der Waals surface area contributed by atoms with Crippen LogP contribution >= 0.6 is 0 Å². The summed E-state index contributed by atoms with van der Waals surface area (Å²) in [6.07, 6.45) is 1.43. The molecule has 7 nitrogen and oxygen atoms in total. The number of rotatable bonds is 7. The number of hydrogen-bond acceptors (Lipinski definition) is 5. The molecule has 25 heavy (non-hydrogen) atoms. The van der Waals surface area contributed by atoms with Crippen LogP contribution in [0.2, 0.25) is 0 Å². The first kappa shape index (κ1) is 19.2. The molecule has 0 aliphatic carbocycles. The van der Waals surface area contributed by atoms with Crippen LogP contribution in [0.3, 0.4) is 0 Å². The van der Waals surface area contributed by atoms with Gasteiger partial charge in [0.05, 0.1) is 13.2 Å². The molecule has 1 fully saturated rings. The minimum absolute atomic E-state index is 0.00362. The summed E-state index contributed by atoms with van der Waals surface area (Å²) in [6.45, 7) is 3.93. The highest BCUT2D eigenvalue weighted by molar-refractivity contribution is 5.94. The monoisotopic (exact) mass is 349 g/mol. The third kappa shape index (κ3) is 5.44. The molecule has 7 heteroatoms. The first-order valence-corrected chi connectivity index (χ1v) is 8.62. The number of hydrogen-bond donors (Lipinski definition) is 2. The van der Waals surface area contributed by atoms with E-state index in [0.717, 1.165) is 5.75 Å². The molecule has 1 aliphatic rings. The Morgan fingerprint density at radius 3 is 2.48 bits per heavy atom. The second kappa shape index (κ2) is 9.39. The van der Waals surface area contributed by atoms with Crippen molar-refractivity contribution in [1.82, 2.24) is 10.2 Å². The summed E-state index contributed by atoms with van der Waals surface area (Å²) in [5.74, 6) is 0.551. The number of benzene rings is 1. The fourth-order valence-corrected chi connectivity index (χ4v) is 2.83. The Morgan fingerprint density at radius 2 is 1.92 bits per heavy atom. The van der Waals surface area contributed by atoms with Crippen molar-refractivity contribution in [3.05, 3.63) is 29.8 Å². The quantitative estimate of drug-likeness (QED) is 0.759. The molecule has 0 spiro atoms. The summed E-state index contributed by atoms with van der Waals surface area (Å²) in [4.78, 5) is 26.3. The van der Waals surface area contributed by atoms with E-state index in [1.165, 1.54) is 7.11 Å². The summed E-state index contributed by atoms with van der Waals surface area (Å²) in [7, 11) is 1.51. The molecule has 1 aromatic rings. The van der Waals surface area contributed by atoms with Crippen molar-refractivity contribution in [2.75, 3.05) is 33.4 Å². The Hall–Kier alpha value is -2.12. The van der Waals surface area contributed by atoms with Crippen molar-refractivity contribution in [2.45, 2.75) is 31.8 Å². The first-order chi connectivity index (χ1) is 12.0. The Labute approximate surface area is 148 Å². The molecule has 138 valence electrons.